The molecule has 0 unspecified atom stereocenters. The average Bonchev–Trinajstić information content (AvgIpc) is 1.61. The number of nitrogens with zero attached hydrogens (tertiary/aromatic N) is 14. The van der Waals surface area contributed by atoms with Crippen LogP contribution in [-0.2, 0) is 32.6 Å². The fraction of sp³-hybridized carbons (Fsp3) is 0.267. The molecule has 0 atom stereocenters. The van der Waals surface area contributed by atoms with Gasteiger partial charge in [0.2, 0.25) is 53.2 Å². The zero-order valence-electron chi connectivity index (χ0n) is 67.9. The van der Waals surface area contributed by atoms with Gasteiger partial charge in [-0.05, 0) is 155 Å². The van der Waals surface area contributed by atoms with Crippen molar-refractivity contribution in [3.8, 4) is 34.9 Å². The molecule has 30 nitrogen and oxygen atoms in total. The number of amides is 3. The first-order valence-electron chi connectivity index (χ1n) is 38.9. The second-order valence-corrected chi connectivity index (χ2v) is 35.2. The lowest BCUT2D eigenvalue weighted by Crippen LogP contribution is -2.44. The van der Waals surface area contributed by atoms with Crippen LogP contribution in [0.4, 0.5) is 82.2 Å². The highest BCUT2D eigenvalue weighted by atomic mass is 28.3. The molecule has 12 aromatic rings. The van der Waals surface area contributed by atoms with E-state index < -0.39 is 8.07 Å². The van der Waals surface area contributed by atoms with Gasteiger partial charge in [-0.3, -0.25) is 14.4 Å². The van der Waals surface area contributed by atoms with Crippen LogP contribution < -0.4 is 60.8 Å². The molecule has 0 spiro atoms. The third-order valence-corrected chi connectivity index (χ3v) is 21.3. The van der Waals surface area contributed by atoms with Crippen LogP contribution in [0.15, 0.2) is 202 Å². The van der Waals surface area contributed by atoms with Gasteiger partial charge in [0.15, 0.2) is 11.3 Å². The van der Waals surface area contributed by atoms with Crippen molar-refractivity contribution >= 4 is 128 Å². The highest BCUT2D eigenvalue weighted by Crippen LogP contribution is 2.37. The minimum Gasteiger partial charge on any atom is -0.438 e. The number of H-pyrrole nitrogens is 1. The van der Waals surface area contributed by atoms with Crippen LogP contribution in [0.3, 0.4) is 0 Å². The van der Waals surface area contributed by atoms with E-state index in [-0.39, 0.29) is 65.6 Å². The SMILES string of the molecule is C=CC(=O)Nc1cccc(Oc2nc(Nc3ccc(N4CCN(C)CC4)c(F)c3)nc3[nH]ccc23)c1.C=CC(=O)Nc1cccc(Oc2nc(Nc3ccc(N4CCN(C)CC4)c(F)c3)nc3c2ccn3CO)c1.C=CC(=O)Nc1cccc(Oc2nc(Nc3ccc(N4CCN(C)CC4)c(F)c3)nc3c2ccn3COCC[Si](C)(C)C)c1.CO. The topological polar surface area (TPSA) is 323 Å². The fourth-order valence-corrected chi connectivity index (χ4v) is 13.8. The van der Waals surface area contributed by atoms with Gasteiger partial charge in [-0.2, -0.15) is 29.9 Å². The van der Waals surface area contributed by atoms with Crippen LogP contribution in [0.1, 0.15) is 0 Å². The van der Waals surface area contributed by atoms with Gasteiger partial charge in [0.1, 0.15) is 53.8 Å². The first kappa shape index (κ1) is 86.1. The maximum atomic E-state index is 15.3. The van der Waals surface area contributed by atoms with Crippen molar-refractivity contribution in [3.05, 3.63) is 220 Å². The zero-order valence-corrected chi connectivity index (χ0v) is 68.9. The number of benzene rings is 6. The van der Waals surface area contributed by atoms with Gasteiger partial charge >= 0.3 is 0 Å². The Morgan fingerprint density at radius 2 is 0.817 bits per heavy atom. The highest BCUT2D eigenvalue weighted by molar-refractivity contribution is 6.76. The number of likely N-dealkylation sites (N-methyl/N-ethyl adjacent to an activating group) is 3. The van der Waals surface area contributed by atoms with Gasteiger partial charge in [0, 0.05) is 171 Å². The van der Waals surface area contributed by atoms with Crippen LogP contribution in [0.25, 0.3) is 33.1 Å². The summed E-state index contributed by atoms with van der Waals surface area (Å²) in [6, 6.07) is 42.3. The molecule has 0 saturated carbocycles. The molecular weight excluding hydrogens is 1560 g/mol. The van der Waals surface area contributed by atoms with E-state index in [0.717, 1.165) is 91.7 Å². The Morgan fingerprint density at radius 3 is 1.18 bits per heavy atom. The minimum atomic E-state index is -1.24. The third-order valence-electron chi connectivity index (χ3n) is 19.6. The number of anilines is 12. The van der Waals surface area contributed by atoms with Gasteiger partial charge in [-0.1, -0.05) is 57.6 Å². The molecular formula is C86H98F3N21O9Si. The molecule has 3 fully saturated rings. The zero-order chi connectivity index (χ0) is 85.0. The van der Waals surface area contributed by atoms with E-state index in [1.807, 2.05) is 39.9 Å². The largest absolute Gasteiger partial charge is 0.438 e. The monoisotopic (exact) mass is 1650 g/mol. The van der Waals surface area contributed by atoms with Crippen LogP contribution in [-0.4, -0.2) is 208 Å². The maximum absolute atomic E-state index is 15.3. The number of carbonyl (C=O) groups is 3. The van der Waals surface area contributed by atoms with Crippen molar-refractivity contribution in [1.82, 2.24) is 58.7 Å². The molecule has 34 heteroatoms. The maximum Gasteiger partial charge on any atom is 0.247 e. The van der Waals surface area contributed by atoms with Crippen molar-refractivity contribution in [1.29, 1.82) is 0 Å². The van der Waals surface area contributed by atoms with Gasteiger partial charge in [0.25, 0.3) is 0 Å². The smallest absolute Gasteiger partial charge is 0.247 e. The highest BCUT2D eigenvalue weighted by Gasteiger charge is 2.25. The molecule has 3 saturated heterocycles. The lowest BCUT2D eigenvalue weighted by molar-refractivity contribution is -0.112. The standard InChI is InChI=1S/C32H40FN7O3Si.C27H28FN7O3.C26H26FN7O2.CH4O/c1-6-29(41)34-23-8-7-9-25(20-23)43-31-26-12-13-40(22-42-18-19-44(3,4)5)30(26)36-32(37-31)35-24-10-11-28(27(33)21-24)39-16-14-38(2)15-17-39;1-3-24(37)29-18-5-4-6-20(15-18)38-26-21-9-10-35(17-36)25(21)31-27(32-26)30-19-7-8-23(22(28)16-19)34-13-11-33(2)12-14-34;1-3-23(35)29-17-5-4-6-19(15-17)36-25-20-9-10-28-24(20)31-26(32-25)30-18-7-8-22(21(27)16-18)34-13-11-33(2)12-14-34;1-2/h6-13,20-21H,1,14-19,22H2,2-5H3,(H,34,41)(H,35,36,37);3-10,15-16,36H,1,11-14,17H2,2H3,(H,29,37)(H,30,31,32);3-10,15-16H,1,11-14H2,2H3,(H,29,35)(H2,28,30,31,32);2H,1H3. The third kappa shape index (κ3) is 22.9. The number of fused-ring (bicyclic) bond motifs is 3. The second-order valence-electron chi connectivity index (χ2n) is 29.5. The number of aromatic amines is 1. The lowest BCUT2D eigenvalue weighted by atomic mass is 10.2. The Hall–Kier alpha value is -13.2. The van der Waals surface area contributed by atoms with Crippen molar-refractivity contribution in [2.24, 2.45) is 0 Å². The van der Waals surface area contributed by atoms with Crippen molar-refractivity contribution in [2.75, 3.05) is 160 Å². The summed E-state index contributed by atoms with van der Waals surface area (Å²) in [7, 11) is 5.96. The van der Waals surface area contributed by atoms with Gasteiger partial charge in [-0.15, -0.1) is 0 Å². The number of hydrogen-bond acceptors (Lipinski definition) is 24. The van der Waals surface area contributed by atoms with Crippen LogP contribution >= 0.6 is 0 Å². The number of carbonyl (C=O) groups excluding carboxylic acids is 3. The summed E-state index contributed by atoms with van der Waals surface area (Å²) >= 11 is 0. The number of aromatic nitrogens is 9. The van der Waals surface area contributed by atoms with Crippen molar-refractivity contribution in [3.63, 3.8) is 0 Å². The molecule has 3 aliphatic rings. The molecule has 15 rings (SSSR count). The number of piperazine rings is 3. The summed E-state index contributed by atoms with van der Waals surface area (Å²) in [5, 5.41) is 36.1. The first-order chi connectivity index (χ1) is 58.0. The van der Waals surface area contributed by atoms with Gasteiger partial charge in [-0.25, -0.2) is 13.2 Å². The average molecular weight is 1650 g/mol. The van der Waals surface area contributed by atoms with Crippen LogP contribution in [0, 0.1) is 17.5 Å². The fourth-order valence-electron chi connectivity index (χ4n) is 13.0. The second kappa shape index (κ2) is 40.3. The van der Waals surface area contributed by atoms with E-state index in [9.17, 15) is 23.9 Å². The van der Waals surface area contributed by atoms with Crippen LogP contribution in [0.5, 0.6) is 34.9 Å². The predicted octanol–water partition coefficient (Wildman–Crippen LogP) is 14.3. The first-order valence-corrected chi connectivity index (χ1v) is 42.6. The number of halogens is 3. The number of ether oxygens (including phenoxy) is 4. The summed E-state index contributed by atoms with van der Waals surface area (Å²) in [5.74, 6) is 0.951. The van der Waals surface area contributed by atoms with E-state index >= 15 is 8.78 Å². The van der Waals surface area contributed by atoms with E-state index in [4.69, 9.17) is 29.0 Å². The molecule has 6 aromatic carbocycles. The van der Waals surface area contributed by atoms with Crippen molar-refractivity contribution in [2.45, 2.75) is 39.1 Å². The van der Waals surface area contributed by atoms with E-state index in [1.165, 1.54) is 41.0 Å². The van der Waals surface area contributed by atoms with Crippen molar-refractivity contribution < 1.29 is 56.7 Å². The Kier molecular flexibility index (Phi) is 28.9. The minimum absolute atomic E-state index is 0.170. The normalized spacial score (nSPS) is 13.8. The summed E-state index contributed by atoms with van der Waals surface area (Å²) in [5.41, 5.74) is 6.49. The summed E-state index contributed by atoms with van der Waals surface area (Å²) in [6.07, 6.45) is 8.86. The summed E-state index contributed by atoms with van der Waals surface area (Å²) in [6.45, 7) is 28.0. The summed E-state index contributed by atoms with van der Waals surface area (Å²) in [4.78, 5) is 78.4. The number of nitrogens with one attached hydrogen (secondary N) is 7. The Morgan fingerprint density at radius 1 is 0.458 bits per heavy atom. The molecule has 0 bridgehead atoms. The van der Waals surface area contributed by atoms with Gasteiger partial charge in [0.05, 0.1) is 33.2 Å². The predicted molar refractivity (Wildman–Crippen MR) is 468 cm³/mol. The Bertz CT molecular complexity index is 5600. The van der Waals surface area contributed by atoms with Gasteiger partial charge < -0.3 is 105 Å². The number of hydrogen-bond donors (Lipinski definition) is 9. The number of aliphatic hydroxyl groups excluding tert-OH is 2. The molecule has 9 N–H and O–H groups in total. The number of aliphatic hydroxyl groups is 2. The quantitative estimate of drug-likeness (QED) is 0.0131. The Labute approximate surface area is 693 Å². The summed E-state index contributed by atoms with van der Waals surface area (Å²) < 4.78 is 73.1. The molecule has 6 aromatic heterocycles. The lowest BCUT2D eigenvalue weighted by Gasteiger charge is -2.34. The number of rotatable bonds is 27. The molecule has 9 heterocycles. The van der Waals surface area contributed by atoms with Crippen LogP contribution in [0.2, 0.25) is 25.7 Å². The molecule has 3 amide bonds. The Balaban J connectivity index is 0.000000164. The molecule has 626 valence electrons. The van der Waals surface area contributed by atoms with E-state index in [1.54, 1.807) is 116 Å². The molecule has 0 aliphatic carbocycles. The molecule has 0 radical (unpaired) electrons. The van der Waals surface area contributed by atoms with E-state index in [2.05, 4.69) is 147 Å². The molecule has 120 heavy (non-hydrogen) atoms. The van der Waals surface area contributed by atoms with E-state index in [0.29, 0.717) is 127 Å². The molecule has 3 aliphatic heterocycles.